The molecular weight excluding hydrogens is 300 g/mol. The van der Waals surface area contributed by atoms with Crippen molar-refractivity contribution >= 4 is 35.0 Å². The molecule has 0 amide bonds. The largest absolute Gasteiger partial charge is 0.508 e. The van der Waals surface area contributed by atoms with Crippen LogP contribution < -0.4 is 9.62 Å². The normalized spacial score (nSPS) is 13.5. The Bertz CT molecular complexity index is 715. The van der Waals surface area contributed by atoms with Crippen LogP contribution in [0.2, 0.25) is 0 Å². The van der Waals surface area contributed by atoms with E-state index in [1.807, 2.05) is 12.1 Å². The maximum atomic E-state index is 9.70. The molecular formula is C16H14N2OS2. The van der Waals surface area contributed by atoms with Crippen LogP contribution in [0.3, 0.4) is 0 Å². The number of rotatable bonds is 4. The summed E-state index contributed by atoms with van der Waals surface area (Å²) in [5.41, 5.74) is 3.30. The lowest BCUT2D eigenvalue weighted by atomic mass is 10.2. The van der Waals surface area contributed by atoms with E-state index in [0.29, 0.717) is 13.1 Å². The Kier molecular flexibility index (Phi) is 4.20. The molecule has 0 saturated heterocycles. The average molecular weight is 314 g/mol. The topological polar surface area (TPSA) is 35.5 Å². The summed E-state index contributed by atoms with van der Waals surface area (Å²) >= 11 is 3.39. The Morgan fingerprint density at radius 1 is 1.33 bits per heavy atom. The van der Waals surface area contributed by atoms with Crippen molar-refractivity contribution in [3.8, 4) is 18.1 Å². The number of aromatic hydroxyl groups is 1. The van der Waals surface area contributed by atoms with Crippen molar-refractivity contribution in [1.82, 2.24) is 5.32 Å². The van der Waals surface area contributed by atoms with Crippen molar-refractivity contribution in [2.75, 3.05) is 17.4 Å². The molecule has 0 saturated carbocycles. The fourth-order valence-electron chi connectivity index (χ4n) is 2.09. The van der Waals surface area contributed by atoms with Gasteiger partial charge in [0, 0.05) is 35.8 Å². The number of fused-ring (bicyclic) bond motifs is 1. The first-order valence-corrected chi connectivity index (χ1v) is 8.12. The van der Waals surface area contributed by atoms with Crippen LogP contribution in [0.1, 0.15) is 5.56 Å². The lowest BCUT2D eigenvalue weighted by Gasteiger charge is -2.29. The van der Waals surface area contributed by atoms with Gasteiger partial charge in [-0.05, 0) is 29.7 Å². The molecule has 1 aliphatic rings. The van der Waals surface area contributed by atoms with Crippen LogP contribution in [0.4, 0.5) is 5.69 Å². The van der Waals surface area contributed by atoms with E-state index in [0.717, 1.165) is 11.4 Å². The maximum Gasteiger partial charge on any atom is 0.117 e. The van der Waals surface area contributed by atoms with Crippen LogP contribution in [0.15, 0.2) is 45.6 Å². The molecule has 0 aliphatic carbocycles. The summed E-state index contributed by atoms with van der Waals surface area (Å²) in [6.45, 7) is 1.22. The van der Waals surface area contributed by atoms with Gasteiger partial charge < -0.3 is 10.4 Å². The van der Waals surface area contributed by atoms with Gasteiger partial charge in [-0.2, -0.15) is 0 Å². The minimum absolute atomic E-state index is 0.265. The number of benzene rings is 1. The zero-order valence-corrected chi connectivity index (χ0v) is 12.9. The Labute approximate surface area is 132 Å². The highest BCUT2D eigenvalue weighted by molar-refractivity contribution is 8.02. The summed E-state index contributed by atoms with van der Waals surface area (Å²) in [4.78, 5) is 0. The van der Waals surface area contributed by atoms with Gasteiger partial charge in [0.05, 0.1) is 16.4 Å². The highest BCUT2D eigenvalue weighted by Crippen LogP contribution is 2.42. The quantitative estimate of drug-likeness (QED) is 0.514. The second-order valence-electron chi connectivity index (χ2n) is 4.51. The highest BCUT2D eigenvalue weighted by Gasteiger charge is 2.21. The van der Waals surface area contributed by atoms with E-state index in [1.54, 1.807) is 35.4 Å². The molecule has 2 aromatic rings. The standard InChI is InChI=1S/C16H14N2OS2/c1-2-7-17-11-14-9-12-6-8-20-16(12)21-18(14)13-4-3-5-15(19)10-13/h1,3-6,8-10,17,19H,7,11H2. The Balaban J connectivity index is 1.92. The maximum absolute atomic E-state index is 9.70. The van der Waals surface area contributed by atoms with Gasteiger partial charge in [-0.3, -0.25) is 4.31 Å². The van der Waals surface area contributed by atoms with E-state index in [4.69, 9.17) is 6.42 Å². The van der Waals surface area contributed by atoms with E-state index >= 15 is 0 Å². The number of phenols is 1. The molecule has 0 fully saturated rings. The molecule has 0 radical (unpaired) electrons. The van der Waals surface area contributed by atoms with Crippen LogP contribution in [0.25, 0.3) is 6.08 Å². The molecule has 0 atom stereocenters. The Morgan fingerprint density at radius 2 is 2.24 bits per heavy atom. The van der Waals surface area contributed by atoms with Gasteiger partial charge >= 0.3 is 0 Å². The Hall–Kier alpha value is -1.87. The summed E-state index contributed by atoms with van der Waals surface area (Å²) < 4.78 is 3.38. The van der Waals surface area contributed by atoms with E-state index in [2.05, 4.69) is 33.1 Å². The number of hydrogen-bond acceptors (Lipinski definition) is 5. The molecule has 0 bridgehead atoms. The number of anilines is 1. The third kappa shape index (κ3) is 3.08. The molecule has 5 heteroatoms. The fourth-order valence-corrected chi connectivity index (χ4v) is 4.10. The van der Waals surface area contributed by atoms with Crippen LogP contribution in [-0.2, 0) is 0 Å². The zero-order chi connectivity index (χ0) is 14.7. The summed E-state index contributed by atoms with van der Waals surface area (Å²) in [6, 6.07) is 9.39. The van der Waals surface area contributed by atoms with Crippen LogP contribution in [-0.4, -0.2) is 18.2 Å². The number of terminal acetylenes is 1. The predicted molar refractivity (Wildman–Crippen MR) is 90.4 cm³/mol. The van der Waals surface area contributed by atoms with Crippen LogP contribution >= 0.6 is 23.3 Å². The monoisotopic (exact) mass is 314 g/mol. The number of thiophene rings is 1. The number of phenolic OH excluding ortho intramolecular Hbond substituents is 1. The second kappa shape index (κ2) is 6.27. The number of hydrogen-bond donors (Lipinski definition) is 2. The molecule has 1 aliphatic heterocycles. The van der Waals surface area contributed by atoms with Gasteiger partial charge in [0.25, 0.3) is 0 Å². The predicted octanol–water partition coefficient (Wildman–Crippen LogP) is 3.54. The highest BCUT2D eigenvalue weighted by atomic mass is 32.2. The second-order valence-corrected chi connectivity index (χ2v) is 6.64. The van der Waals surface area contributed by atoms with Crippen molar-refractivity contribution in [2.24, 2.45) is 0 Å². The summed E-state index contributed by atoms with van der Waals surface area (Å²) in [7, 11) is 0. The van der Waals surface area contributed by atoms with Crippen LogP contribution in [0.5, 0.6) is 5.75 Å². The third-order valence-corrected chi connectivity index (χ3v) is 5.28. The summed E-state index contributed by atoms with van der Waals surface area (Å²) in [6.07, 6.45) is 7.45. The lowest BCUT2D eigenvalue weighted by molar-refractivity contribution is 0.475. The van der Waals surface area contributed by atoms with E-state index in [9.17, 15) is 5.11 Å². The minimum Gasteiger partial charge on any atom is -0.508 e. The molecule has 0 spiro atoms. The van der Waals surface area contributed by atoms with Crippen molar-refractivity contribution in [3.63, 3.8) is 0 Å². The van der Waals surface area contributed by atoms with E-state index in [-0.39, 0.29) is 5.75 Å². The molecule has 3 nitrogen and oxygen atoms in total. The van der Waals surface area contributed by atoms with Gasteiger partial charge in [0.1, 0.15) is 5.75 Å². The zero-order valence-electron chi connectivity index (χ0n) is 11.2. The molecule has 2 N–H and O–H groups in total. The molecule has 2 heterocycles. The van der Waals surface area contributed by atoms with E-state index in [1.165, 1.54) is 9.77 Å². The molecule has 1 aromatic carbocycles. The third-order valence-electron chi connectivity index (χ3n) is 3.01. The van der Waals surface area contributed by atoms with Gasteiger partial charge in [-0.15, -0.1) is 17.8 Å². The lowest BCUT2D eigenvalue weighted by Crippen LogP contribution is -2.27. The van der Waals surface area contributed by atoms with Crippen molar-refractivity contribution in [3.05, 3.63) is 47.0 Å². The average Bonchev–Trinajstić information content (AvgIpc) is 2.94. The van der Waals surface area contributed by atoms with Gasteiger partial charge in [-0.25, -0.2) is 0 Å². The Morgan fingerprint density at radius 3 is 3.05 bits per heavy atom. The molecule has 3 rings (SSSR count). The van der Waals surface area contributed by atoms with Gasteiger partial charge in [0.15, 0.2) is 0 Å². The van der Waals surface area contributed by atoms with Gasteiger partial charge in [-0.1, -0.05) is 12.0 Å². The van der Waals surface area contributed by atoms with Gasteiger partial charge in [0.2, 0.25) is 0 Å². The van der Waals surface area contributed by atoms with Crippen molar-refractivity contribution < 1.29 is 5.11 Å². The number of nitrogens with zero attached hydrogens (tertiary/aromatic N) is 1. The molecule has 1 aromatic heterocycles. The molecule has 0 unspecified atom stereocenters. The minimum atomic E-state index is 0.265. The number of nitrogens with one attached hydrogen (secondary N) is 1. The summed E-state index contributed by atoms with van der Waals surface area (Å²) in [5, 5.41) is 15.0. The SMILES string of the molecule is C#CCNCC1=Cc2ccsc2SN1c1cccc(O)c1. The van der Waals surface area contributed by atoms with Crippen molar-refractivity contribution in [1.29, 1.82) is 0 Å². The smallest absolute Gasteiger partial charge is 0.117 e. The summed E-state index contributed by atoms with van der Waals surface area (Å²) in [5.74, 6) is 2.85. The van der Waals surface area contributed by atoms with Crippen LogP contribution in [0, 0.1) is 12.3 Å². The molecule has 106 valence electrons. The first-order valence-electron chi connectivity index (χ1n) is 6.47. The van der Waals surface area contributed by atoms with E-state index < -0.39 is 0 Å². The first-order chi connectivity index (χ1) is 10.3. The van der Waals surface area contributed by atoms with Crippen molar-refractivity contribution in [2.45, 2.75) is 4.21 Å². The first kappa shape index (κ1) is 14.1. The molecule has 21 heavy (non-hydrogen) atoms. The fraction of sp³-hybridized carbons (Fsp3) is 0.125.